The third-order valence-electron chi connectivity index (χ3n) is 6.23. The van der Waals surface area contributed by atoms with Crippen LogP contribution in [0.5, 0.6) is 0 Å². The predicted molar refractivity (Wildman–Crippen MR) is 101 cm³/mol. The molecule has 2 saturated carbocycles. The average Bonchev–Trinajstić information content (AvgIpc) is 2.44. The minimum absolute atomic E-state index is 0.698. The van der Waals surface area contributed by atoms with E-state index in [1.807, 2.05) is 0 Å². The molecule has 0 amide bonds. The quantitative estimate of drug-likeness (QED) is 0.539. The Bertz CT molecular complexity index is 306. The molecule has 2 rings (SSSR count). The van der Waals surface area contributed by atoms with Gasteiger partial charge in [-0.25, -0.2) is 0 Å². The number of rotatable bonds is 6. The fourth-order valence-electron chi connectivity index (χ4n) is 5.85. The van der Waals surface area contributed by atoms with Gasteiger partial charge in [-0.1, -0.05) is 27.7 Å². The highest BCUT2D eigenvalue weighted by Gasteiger charge is 2.54. The van der Waals surface area contributed by atoms with Gasteiger partial charge >= 0.3 is 8.56 Å². The minimum Gasteiger partial charge on any atom is -0.394 e. The summed E-state index contributed by atoms with van der Waals surface area (Å²) in [7, 11) is -2.16. The molecular weight excluding hydrogens is 300 g/mol. The summed E-state index contributed by atoms with van der Waals surface area (Å²) in [6.07, 6.45) is 8.09. The summed E-state index contributed by atoms with van der Waals surface area (Å²) >= 11 is 0. The zero-order chi connectivity index (χ0) is 17.0. The predicted octanol–water partition coefficient (Wildman–Crippen LogP) is 6.15. The van der Waals surface area contributed by atoms with E-state index in [1.165, 1.54) is 38.5 Å². The molecule has 2 nitrogen and oxygen atoms in total. The van der Waals surface area contributed by atoms with Crippen molar-refractivity contribution >= 4 is 8.56 Å². The highest BCUT2D eigenvalue weighted by molar-refractivity contribution is 6.70. The van der Waals surface area contributed by atoms with Crippen molar-refractivity contribution in [2.75, 3.05) is 13.2 Å². The number of hydrogen-bond acceptors (Lipinski definition) is 2. The van der Waals surface area contributed by atoms with Crippen LogP contribution in [0.2, 0.25) is 11.1 Å². The molecule has 0 aromatic carbocycles. The first-order valence-corrected chi connectivity index (χ1v) is 12.2. The van der Waals surface area contributed by atoms with Gasteiger partial charge in [-0.2, -0.15) is 0 Å². The van der Waals surface area contributed by atoms with Crippen molar-refractivity contribution in [2.24, 2.45) is 23.7 Å². The van der Waals surface area contributed by atoms with E-state index in [4.69, 9.17) is 8.85 Å². The standard InChI is InChI=1S/C20H40O2Si/c1-7-21-23(22-8-2,19-11-15(3)9-16(4)12-19)20-13-17(5)10-18(6)14-20/h15-20H,7-14H2,1-6H3. The van der Waals surface area contributed by atoms with E-state index in [-0.39, 0.29) is 0 Å². The van der Waals surface area contributed by atoms with E-state index >= 15 is 0 Å². The summed E-state index contributed by atoms with van der Waals surface area (Å²) in [5.74, 6) is 3.31. The van der Waals surface area contributed by atoms with Crippen LogP contribution in [-0.2, 0) is 8.85 Å². The second kappa shape index (κ2) is 8.49. The molecule has 0 N–H and O–H groups in total. The minimum atomic E-state index is -2.16. The summed E-state index contributed by atoms with van der Waals surface area (Å²) in [6, 6.07) is 0. The van der Waals surface area contributed by atoms with Crippen LogP contribution in [-0.4, -0.2) is 21.8 Å². The van der Waals surface area contributed by atoms with Crippen molar-refractivity contribution in [1.29, 1.82) is 0 Å². The van der Waals surface area contributed by atoms with Crippen molar-refractivity contribution < 1.29 is 8.85 Å². The van der Waals surface area contributed by atoms with Crippen LogP contribution < -0.4 is 0 Å². The maximum Gasteiger partial charge on any atom is 0.344 e. The normalized spacial score (nSPS) is 39.4. The molecule has 136 valence electrons. The zero-order valence-corrected chi connectivity index (χ0v) is 17.4. The van der Waals surface area contributed by atoms with Gasteiger partial charge in [0.05, 0.1) is 0 Å². The lowest BCUT2D eigenvalue weighted by atomic mass is 9.82. The van der Waals surface area contributed by atoms with E-state index < -0.39 is 8.56 Å². The van der Waals surface area contributed by atoms with Gasteiger partial charge in [0.2, 0.25) is 0 Å². The van der Waals surface area contributed by atoms with Gasteiger partial charge in [0, 0.05) is 24.3 Å². The highest BCUT2D eigenvalue weighted by atomic mass is 28.4. The van der Waals surface area contributed by atoms with Gasteiger partial charge in [-0.05, 0) is 76.0 Å². The summed E-state index contributed by atoms with van der Waals surface area (Å²) in [6.45, 7) is 15.7. The Labute approximate surface area is 146 Å². The van der Waals surface area contributed by atoms with E-state index in [0.717, 1.165) is 36.9 Å². The van der Waals surface area contributed by atoms with Crippen molar-refractivity contribution in [1.82, 2.24) is 0 Å². The van der Waals surface area contributed by atoms with Gasteiger partial charge in [0.1, 0.15) is 0 Å². The molecule has 0 aromatic heterocycles. The van der Waals surface area contributed by atoms with E-state index in [2.05, 4.69) is 41.5 Å². The van der Waals surface area contributed by atoms with Gasteiger partial charge < -0.3 is 8.85 Å². The first kappa shape index (κ1) is 19.5. The monoisotopic (exact) mass is 340 g/mol. The molecule has 0 spiro atoms. The Hall–Kier alpha value is 0.137. The molecule has 3 heteroatoms. The van der Waals surface area contributed by atoms with Crippen LogP contribution in [0.25, 0.3) is 0 Å². The molecule has 2 aliphatic carbocycles. The highest BCUT2D eigenvalue weighted by Crippen LogP contribution is 2.53. The van der Waals surface area contributed by atoms with Gasteiger partial charge in [-0.3, -0.25) is 0 Å². The van der Waals surface area contributed by atoms with Crippen LogP contribution in [0.4, 0.5) is 0 Å². The molecule has 4 atom stereocenters. The van der Waals surface area contributed by atoms with E-state index in [0.29, 0.717) is 11.1 Å². The Balaban J connectivity index is 2.29. The van der Waals surface area contributed by atoms with Crippen LogP contribution in [0, 0.1) is 23.7 Å². The molecule has 2 fully saturated rings. The number of hydrogen-bond donors (Lipinski definition) is 0. The molecular formula is C20H40O2Si. The molecule has 0 heterocycles. The van der Waals surface area contributed by atoms with Crippen LogP contribution >= 0.6 is 0 Å². The van der Waals surface area contributed by atoms with Gasteiger partial charge in [0.15, 0.2) is 0 Å². The van der Waals surface area contributed by atoms with Crippen LogP contribution in [0.15, 0.2) is 0 Å². The first-order valence-electron chi connectivity index (χ1n) is 10.2. The third-order valence-corrected chi connectivity index (χ3v) is 10.9. The maximum absolute atomic E-state index is 6.66. The maximum atomic E-state index is 6.66. The fraction of sp³-hybridized carbons (Fsp3) is 1.00. The Kier molecular flexibility index (Phi) is 7.18. The summed E-state index contributed by atoms with van der Waals surface area (Å²) in [4.78, 5) is 0. The lowest BCUT2D eigenvalue weighted by molar-refractivity contribution is 0.124. The van der Waals surface area contributed by atoms with Gasteiger partial charge in [0.25, 0.3) is 0 Å². The first-order chi connectivity index (χ1) is 10.9. The topological polar surface area (TPSA) is 18.5 Å². The Morgan fingerprint density at radius 3 is 1.17 bits per heavy atom. The van der Waals surface area contributed by atoms with Crippen LogP contribution in [0.1, 0.15) is 80.1 Å². The zero-order valence-electron chi connectivity index (χ0n) is 16.4. The largest absolute Gasteiger partial charge is 0.394 e. The van der Waals surface area contributed by atoms with Crippen molar-refractivity contribution in [3.8, 4) is 0 Å². The van der Waals surface area contributed by atoms with Gasteiger partial charge in [-0.15, -0.1) is 0 Å². The van der Waals surface area contributed by atoms with Crippen molar-refractivity contribution in [3.05, 3.63) is 0 Å². The SMILES string of the molecule is CCO[Si](OCC)(C1CC(C)CC(C)C1)C1CC(C)CC(C)C1. The summed E-state index contributed by atoms with van der Waals surface area (Å²) in [5.41, 5.74) is 1.40. The fourth-order valence-corrected chi connectivity index (χ4v) is 11.4. The van der Waals surface area contributed by atoms with E-state index in [1.54, 1.807) is 0 Å². The van der Waals surface area contributed by atoms with Crippen LogP contribution in [0.3, 0.4) is 0 Å². The second-order valence-electron chi connectivity index (χ2n) is 8.82. The summed E-state index contributed by atoms with van der Waals surface area (Å²) < 4.78 is 13.3. The Morgan fingerprint density at radius 2 is 0.913 bits per heavy atom. The Morgan fingerprint density at radius 1 is 0.609 bits per heavy atom. The molecule has 0 saturated heterocycles. The van der Waals surface area contributed by atoms with E-state index in [9.17, 15) is 0 Å². The molecule has 2 aliphatic rings. The molecule has 0 aliphatic heterocycles. The second-order valence-corrected chi connectivity index (χ2v) is 12.5. The lowest BCUT2D eigenvalue weighted by Crippen LogP contribution is -2.54. The molecule has 0 bridgehead atoms. The average molecular weight is 341 g/mol. The molecule has 0 radical (unpaired) electrons. The van der Waals surface area contributed by atoms with Crippen molar-refractivity contribution in [3.63, 3.8) is 0 Å². The summed E-state index contributed by atoms with van der Waals surface area (Å²) in [5, 5.41) is 0. The molecule has 4 unspecified atom stereocenters. The molecule has 23 heavy (non-hydrogen) atoms. The van der Waals surface area contributed by atoms with Crippen molar-refractivity contribution in [2.45, 2.75) is 91.1 Å². The third kappa shape index (κ3) is 4.61. The smallest absolute Gasteiger partial charge is 0.344 e. The lowest BCUT2D eigenvalue weighted by Gasteiger charge is -2.49. The molecule has 0 aromatic rings.